The van der Waals surface area contributed by atoms with Crippen LogP contribution in [0.4, 0.5) is 13.2 Å². The fourth-order valence-corrected chi connectivity index (χ4v) is 0.562. The molecule has 0 aromatic carbocycles. The van der Waals surface area contributed by atoms with Crippen LogP contribution in [0.1, 0.15) is 27.7 Å². The lowest BCUT2D eigenvalue weighted by atomic mass is 9.97. The number of aliphatic hydroxyl groups is 1. The Hall–Kier alpha value is -0.290. The Bertz CT molecular complexity index is 121. The van der Waals surface area contributed by atoms with E-state index in [-0.39, 0.29) is 13.1 Å². The highest BCUT2D eigenvalue weighted by atomic mass is 19.4. The maximum Gasteiger partial charge on any atom is 0.419 e. The minimum absolute atomic E-state index is 0.378. The Kier molecular flexibility index (Phi) is 7.26. The molecule has 0 unspecified atom stereocenters. The molecule has 1 fully saturated rings. The van der Waals surface area contributed by atoms with Gasteiger partial charge in [0.05, 0.1) is 0 Å². The van der Waals surface area contributed by atoms with E-state index in [1.54, 1.807) is 0 Å². The third kappa shape index (κ3) is 3.95. The smallest absolute Gasteiger partial charge is 0.378 e. The van der Waals surface area contributed by atoms with Crippen LogP contribution < -0.4 is 5.32 Å². The quantitative estimate of drug-likeness (QED) is 0.627. The molecule has 0 saturated carbocycles. The molecule has 1 rings (SSSR count). The zero-order valence-corrected chi connectivity index (χ0v) is 8.50. The van der Waals surface area contributed by atoms with E-state index in [4.69, 9.17) is 5.11 Å². The molecular weight excluding hydrogens is 183 g/mol. The Morgan fingerprint density at radius 1 is 1.08 bits per heavy atom. The minimum atomic E-state index is -4.47. The van der Waals surface area contributed by atoms with E-state index in [1.807, 2.05) is 27.7 Å². The molecule has 2 N–H and O–H groups in total. The van der Waals surface area contributed by atoms with Crippen LogP contribution in [0, 0.1) is 0 Å². The van der Waals surface area contributed by atoms with E-state index in [0.29, 0.717) is 0 Å². The number of alkyl halides is 3. The fraction of sp³-hybridized carbons (Fsp3) is 1.00. The van der Waals surface area contributed by atoms with E-state index in [9.17, 15) is 13.2 Å². The summed E-state index contributed by atoms with van der Waals surface area (Å²) in [6.07, 6.45) is -4.47. The summed E-state index contributed by atoms with van der Waals surface area (Å²) in [5, 5.41) is 10.9. The Labute approximate surface area is 77.1 Å². The molecule has 1 aliphatic rings. The van der Waals surface area contributed by atoms with Gasteiger partial charge in [-0.1, -0.05) is 27.7 Å². The Balaban J connectivity index is 0. The highest BCUT2D eigenvalue weighted by Gasteiger charge is 2.57. The van der Waals surface area contributed by atoms with Crippen LogP contribution in [0.25, 0.3) is 0 Å². The Morgan fingerprint density at radius 2 is 1.38 bits per heavy atom. The highest BCUT2D eigenvalue weighted by Crippen LogP contribution is 2.32. The van der Waals surface area contributed by atoms with Gasteiger partial charge in [0.15, 0.2) is 5.60 Å². The van der Waals surface area contributed by atoms with Gasteiger partial charge in [-0.15, -0.1) is 0 Å². The van der Waals surface area contributed by atoms with Gasteiger partial charge in [0.2, 0.25) is 0 Å². The van der Waals surface area contributed by atoms with Gasteiger partial charge in [-0.2, -0.15) is 13.2 Å². The predicted octanol–water partition coefficient (Wildman–Crippen LogP) is 1.94. The van der Waals surface area contributed by atoms with Gasteiger partial charge >= 0.3 is 6.18 Å². The zero-order valence-electron chi connectivity index (χ0n) is 8.50. The molecule has 5 heteroatoms. The molecule has 13 heavy (non-hydrogen) atoms. The number of hydrogen-bond acceptors (Lipinski definition) is 2. The van der Waals surface area contributed by atoms with Crippen molar-refractivity contribution in [2.75, 3.05) is 13.1 Å². The number of rotatable bonds is 0. The van der Waals surface area contributed by atoms with Crippen molar-refractivity contribution in [3.8, 4) is 0 Å². The summed E-state index contributed by atoms with van der Waals surface area (Å²) in [6.45, 7) is 7.24. The van der Waals surface area contributed by atoms with Crippen LogP contribution >= 0.6 is 0 Å². The van der Waals surface area contributed by atoms with Crippen molar-refractivity contribution in [3.63, 3.8) is 0 Å². The van der Waals surface area contributed by atoms with Crippen molar-refractivity contribution < 1.29 is 18.3 Å². The van der Waals surface area contributed by atoms with E-state index in [2.05, 4.69) is 5.32 Å². The first kappa shape index (κ1) is 15.2. The number of β-amino-alcohol motifs (C(OH)–C–C–N with tert-alkyl or cyclic N) is 1. The summed E-state index contributed by atoms with van der Waals surface area (Å²) < 4.78 is 34.8. The molecule has 1 aliphatic heterocycles. The first-order chi connectivity index (χ1) is 5.96. The van der Waals surface area contributed by atoms with Crippen LogP contribution in [-0.4, -0.2) is 30.0 Å². The average molecular weight is 201 g/mol. The normalized spacial score (nSPS) is 18.5. The second-order valence-corrected chi connectivity index (χ2v) is 2.13. The molecule has 0 aromatic rings. The van der Waals surface area contributed by atoms with Crippen molar-refractivity contribution in [1.82, 2.24) is 5.32 Å². The lowest BCUT2D eigenvalue weighted by Gasteiger charge is -2.38. The molecule has 0 atom stereocenters. The predicted molar refractivity (Wildman–Crippen MR) is 46.6 cm³/mol. The van der Waals surface area contributed by atoms with E-state index < -0.39 is 11.8 Å². The molecular formula is C8H18F3NO. The Morgan fingerprint density at radius 3 is 1.38 bits per heavy atom. The second kappa shape index (κ2) is 6.21. The van der Waals surface area contributed by atoms with Crippen LogP contribution in [-0.2, 0) is 0 Å². The van der Waals surface area contributed by atoms with Gasteiger partial charge in [0.1, 0.15) is 0 Å². The van der Waals surface area contributed by atoms with Gasteiger partial charge in [-0.25, -0.2) is 0 Å². The van der Waals surface area contributed by atoms with Crippen LogP contribution in [0.5, 0.6) is 0 Å². The van der Waals surface area contributed by atoms with Gasteiger partial charge in [-0.05, 0) is 0 Å². The van der Waals surface area contributed by atoms with E-state index >= 15 is 0 Å². The summed E-state index contributed by atoms with van der Waals surface area (Å²) in [6, 6.07) is 0. The maximum atomic E-state index is 11.6. The SMILES string of the molecule is CC.CC.OC1(C(F)(F)F)CNC1. The number of halogens is 3. The van der Waals surface area contributed by atoms with Gasteiger partial charge in [0.25, 0.3) is 0 Å². The minimum Gasteiger partial charge on any atom is -0.378 e. The van der Waals surface area contributed by atoms with Crippen molar-refractivity contribution in [3.05, 3.63) is 0 Å². The van der Waals surface area contributed by atoms with Crippen molar-refractivity contribution in [2.24, 2.45) is 0 Å². The summed E-state index contributed by atoms with van der Waals surface area (Å²) in [7, 11) is 0. The first-order valence-corrected chi connectivity index (χ1v) is 4.45. The molecule has 82 valence electrons. The molecule has 0 spiro atoms. The lowest BCUT2D eigenvalue weighted by molar-refractivity contribution is -0.274. The standard InChI is InChI=1S/C4H6F3NO.2C2H6/c5-4(6,7)3(9)1-8-2-3;2*1-2/h8-9H,1-2H2;2*1-2H3. The number of hydrogen-bond donors (Lipinski definition) is 2. The van der Waals surface area contributed by atoms with Crippen molar-refractivity contribution >= 4 is 0 Å². The monoisotopic (exact) mass is 201 g/mol. The summed E-state index contributed by atoms with van der Waals surface area (Å²) >= 11 is 0. The second-order valence-electron chi connectivity index (χ2n) is 2.13. The van der Waals surface area contributed by atoms with Gasteiger partial charge in [-0.3, -0.25) is 0 Å². The van der Waals surface area contributed by atoms with Crippen LogP contribution in [0.3, 0.4) is 0 Å². The molecule has 0 aliphatic carbocycles. The van der Waals surface area contributed by atoms with E-state index in [0.717, 1.165) is 0 Å². The average Bonchev–Trinajstić information content (AvgIpc) is 2.06. The molecule has 0 aromatic heterocycles. The highest BCUT2D eigenvalue weighted by molar-refractivity contribution is 4.98. The molecule has 0 bridgehead atoms. The number of nitrogens with one attached hydrogen (secondary N) is 1. The van der Waals surface area contributed by atoms with Crippen LogP contribution in [0.15, 0.2) is 0 Å². The summed E-state index contributed by atoms with van der Waals surface area (Å²) in [5.74, 6) is 0. The first-order valence-electron chi connectivity index (χ1n) is 4.45. The molecule has 2 nitrogen and oxygen atoms in total. The maximum absolute atomic E-state index is 11.6. The third-order valence-corrected chi connectivity index (χ3v) is 1.36. The van der Waals surface area contributed by atoms with Gasteiger partial charge in [0, 0.05) is 13.1 Å². The third-order valence-electron chi connectivity index (χ3n) is 1.36. The topological polar surface area (TPSA) is 32.3 Å². The molecule has 1 saturated heterocycles. The summed E-state index contributed by atoms with van der Waals surface area (Å²) in [5.41, 5.74) is -2.45. The molecule has 0 radical (unpaired) electrons. The van der Waals surface area contributed by atoms with Gasteiger partial charge < -0.3 is 10.4 Å². The summed E-state index contributed by atoms with van der Waals surface area (Å²) in [4.78, 5) is 0. The largest absolute Gasteiger partial charge is 0.419 e. The molecule has 0 amide bonds. The van der Waals surface area contributed by atoms with E-state index in [1.165, 1.54) is 0 Å². The zero-order chi connectivity index (χ0) is 11.1. The van der Waals surface area contributed by atoms with Crippen molar-refractivity contribution in [1.29, 1.82) is 0 Å². The lowest BCUT2D eigenvalue weighted by Crippen LogP contribution is -2.67. The van der Waals surface area contributed by atoms with Crippen molar-refractivity contribution in [2.45, 2.75) is 39.5 Å². The van der Waals surface area contributed by atoms with Crippen LogP contribution in [0.2, 0.25) is 0 Å². The fourth-order valence-electron chi connectivity index (χ4n) is 0.562. The molecule has 1 heterocycles.